The number of halogens is 7. The van der Waals surface area contributed by atoms with Crippen LogP contribution in [0.25, 0.3) is 21.8 Å². The van der Waals surface area contributed by atoms with E-state index >= 15 is 4.39 Å². The second kappa shape index (κ2) is 8.21. The minimum Gasteiger partial charge on any atom is -0.491 e. The van der Waals surface area contributed by atoms with E-state index in [1.54, 1.807) is 7.05 Å². The van der Waals surface area contributed by atoms with Crippen molar-refractivity contribution in [3.8, 4) is 5.75 Å². The molecule has 2 aromatic heterocycles. The van der Waals surface area contributed by atoms with Crippen molar-refractivity contribution in [3.63, 3.8) is 0 Å². The molecule has 0 aliphatic carbocycles. The number of anilines is 1. The number of benzene rings is 2. The van der Waals surface area contributed by atoms with Crippen LogP contribution in [0, 0.1) is 5.82 Å². The number of nitrogens with two attached hydrogens (primary N) is 1. The van der Waals surface area contributed by atoms with Crippen LogP contribution < -0.4 is 10.5 Å². The number of pyridine rings is 1. The first-order valence-corrected chi connectivity index (χ1v) is 10.7. The Bertz CT molecular complexity index is 1560. The lowest BCUT2D eigenvalue weighted by molar-refractivity contribution is -0.145. The van der Waals surface area contributed by atoms with Crippen LogP contribution in [0.1, 0.15) is 27.5 Å². The molecule has 1 aliphatic rings. The Morgan fingerprint density at radius 1 is 1.16 bits per heavy atom. The number of amides is 1. The zero-order valence-electron chi connectivity index (χ0n) is 18.8. The van der Waals surface area contributed by atoms with Gasteiger partial charge in [-0.2, -0.15) is 31.4 Å². The van der Waals surface area contributed by atoms with Crippen molar-refractivity contribution < 1.29 is 40.3 Å². The van der Waals surface area contributed by atoms with Crippen LogP contribution in [-0.4, -0.2) is 44.9 Å². The fourth-order valence-electron chi connectivity index (χ4n) is 4.44. The predicted octanol–water partition coefficient (Wildman–Crippen LogP) is 5.00. The molecule has 194 valence electrons. The average Bonchev–Trinajstić information content (AvgIpc) is 3.39. The van der Waals surface area contributed by atoms with Crippen LogP contribution >= 0.6 is 0 Å². The maximum absolute atomic E-state index is 15.1. The summed E-state index contributed by atoms with van der Waals surface area (Å²) in [7, 11) is 1.56. The second-order valence-electron chi connectivity index (χ2n) is 8.50. The van der Waals surface area contributed by atoms with Gasteiger partial charge in [0.2, 0.25) is 0 Å². The quantitative estimate of drug-likeness (QED) is 0.379. The minimum absolute atomic E-state index is 0.0470. The lowest BCUT2D eigenvalue weighted by Gasteiger charge is -2.29. The molecule has 0 radical (unpaired) electrons. The summed E-state index contributed by atoms with van der Waals surface area (Å²) in [5, 5.41) is 4.68. The summed E-state index contributed by atoms with van der Waals surface area (Å²) in [5.74, 6) is -2.74. The Balaban J connectivity index is 1.62. The van der Waals surface area contributed by atoms with Crippen LogP contribution in [0.15, 0.2) is 36.5 Å². The number of carbonyl (C=O) groups is 1. The van der Waals surface area contributed by atoms with Gasteiger partial charge in [-0.25, -0.2) is 9.37 Å². The van der Waals surface area contributed by atoms with Gasteiger partial charge < -0.3 is 15.4 Å². The van der Waals surface area contributed by atoms with E-state index in [0.29, 0.717) is 27.9 Å². The van der Waals surface area contributed by atoms with Crippen LogP contribution in [0.5, 0.6) is 5.75 Å². The molecular formula is C23H16F7N5O2. The standard InChI is InChI=1S/C23H16F7N5O2/c1-34-19-13-5-12(15(24)6-16(13)33-20(31)14(19)7-32-34)21(36)35(9-22(25,26)27)17-8-37-18-4-10(23(28,29)30)2-3-11(17)18/h2-7,17H,8-9H2,1H3,(H2,31,33)/t17-/m0/s1. The Morgan fingerprint density at radius 2 is 1.89 bits per heavy atom. The summed E-state index contributed by atoms with van der Waals surface area (Å²) in [6, 6.07) is 2.82. The highest BCUT2D eigenvalue weighted by Gasteiger charge is 2.42. The van der Waals surface area contributed by atoms with E-state index in [9.17, 15) is 31.1 Å². The molecule has 5 rings (SSSR count). The molecule has 0 fully saturated rings. The van der Waals surface area contributed by atoms with E-state index in [4.69, 9.17) is 10.5 Å². The molecule has 7 nitrogen and oxygen atoms in total. The fourth-order valence-corrected chi connectivity index (χ4v) is 4.44. The van der Waals surface area contributed by atoms with E-state index in [0.717, 1.165) is 18.2 Å². The van der Waals surface area contributed by atoms with Crippen molar-refractivity contribution in [2.24, 2.45) is 7.05 Å². The van der Waals surface area contributed by atoms with E-state index < -0.39 is 54.4 Å². The number of hydrogen-bond acceptors (Lipinski definition) is 5. The van der Waals surface area contributed by atoms with E-state index in [-0.39, 0.29) is 28.0 Å². The molecular weight excluding hydrogens is 511 g/mol. The summed E-state index contributed by atoms with van der Waals surface area (Å²) in [6.07, 6.45) is -8.20. The van der Waals surface area contributed by atoms with Gasteiger partial charge >= 0.3 is 12.4 Å². The molecule has 14 heteroatoms. The number of aryl methyl sites for hydroxylation is 1. The van der Waals surface area contributed by atoms with Gasteiger partial charge in [0.05, 0.1) is 39.8 Å². The Hall–Kier alpha value is -4.10. The summed E-state index contributed by atoms with van der Waals surface area (Å²) >= 11 is 0. The average molecular weight is 527 g/mol. The van der Waals surface area contributed by atoms with Crippen molar-refractivity contribution >= 4 is 33.5 Å². The Kier molecular flexibility index (Phi) is 5.46. The molecule has 0 saturated carbocycles. The SMILES string of the molecule is Cn1ncc2c(N)nc3cc(F)c(C(=O)N(CC(F)(F)F)[C@H]4COc5cc(C(F)(F)F)ccc54)cc3c21. The normalized spacial score (nSPS) is 15.7. The molecule has 4 aromatic rings. The van der Waals surface area contributed by atoms with Crippen molar-refractivity contribution in [3.05, 3.63) is 59.0 Å². The number of carbonyl (C=O) groups excluding carboxylic acids is 1. The van der Waals surface area contributed by atoms with Gasteiger partial charge in [-0.1, -0.05) is 6.07 Å². The first-order valence-electron chi connectivity index (χ1n) is 10.7. The third-order valence-electron chi connectivity index (χ3n) is 6.11. The maximum Gasteiger partial charge on any atom is 0.416 e. The number of fused-ring (bicyclic) bond motifs is 4. The van der Waals surface area contributed by atoms with E-state index in [2.05, 4.69) is 10.1 Å². The number of hydrogen-bond donors (Lipinski definition) is 1. The molecule has 1 aliphatic heterocycles. The summed E-state index contributed by atoms with van der Waals surface area (Å²) in [6.45, 7) is -2.34. The fraction of sp³-hybridized carbons (Fsp3) is 0.261. The van der Waals surface area contributed by atoms with Gasteiger partial charge in [-0.3, -0.25) is 9.48 Å². The van der Waals surface area contributed by atoms with Gasteiger partial charge in [-0.05, 0) is 18.2 Å². The molecule has 0 saturated heterocycles. The topological polar surface area (TPSA) is 86.3 Å². The van der Waals surface area contributed by atoms with Crippen LogP contribution in [0.3, 0.4) is 0 Å². The van der Waals surface area contributed by atoms with Gasteiger partial charge in [0.1, 0.15) is 30.5 Å². The number of aromatic nitrogens is 3. The Labute approximate surface area is 203 Å². The third-order valence-corrected chi connectivity index (χ3v) is 6.11. The van der Waals surface area contributed by atoms with E-state index in [1.165, 1.54) is 10.9 Å². The molecule has 1 amide bonds. The number of alkyl halides is 6. The Morgan fingerprint density at radius 3 is 2.57 bits per heavy atom. The van der Waals surface area contributed by atoms with Crippen molar-refractivity contribution in [2.75, 3.05) is 18.9 Å². The predicted molar refractivity (Wildman–Crippen MR) is 117 cm³/mol. The molecule has 0 unspecified atom stereocenters. The lowest BCUT2D eigenvalue weighted by atomic mass is 10.0. The van der Waals surface area contributed by atoms with Crippen molar-refractivity contribution in [1.29, 1.82) is 0 Å². The smallest absolute Gasteiger partial charge is 0.416 e. The van der Waals surface area contributed by atoms with Crippen LogP contribution in [0.2, 0.25) is 0 Å². The van der Waals surface area contributed by atoms with Crippen LogP contribution in [-0.2, 0) is 13.2 Å². The summed E-state index contributed by atoms with van der Waals surface area (Å²) < 4.78 is 102. The van der Waals surface area contributed by atoms with Gasteiger partial charge in [0.25, 0.3) is 5.91 Å². The van der Waals surface area contributed by atoms with Crippen molar-refractivity contribution in [1.82, 2.24) is 19.7 Å². The van der Waals surface area contributed by atoms with Gasteiger partial charge in [-0.15, -0.1) is 0 Å². The highest BCUT2D eigenvalue weighted by molar-refractivity contribution is 6.10. The van der Waals surface area contributed by atoms with Gasteiger partial charge in [0, 0.05) is 24.1 Å². The molecule has 2 N–H and O–H groups in total. The van der Waals surface area contributed by atoms with Crippen molar-refractivity contribution in [2.45, 2.75) is 18.4 Å². The molecule has 0 spiro atoms. The zero-order valence-corrected chi connectivity index (χ0v) is 18.8. The molecule has 1 atom stereocenters. The number of rotatable bonds is 3. The largest absolute Gasteiger partial charge is 0.491 e. The summed E-state index contributed by atoms with van der Waals surface area (Å²) in [4.78, 5) is 17.8. The first kappa shape index (κ1) is 24.6. The highest BCUT2D eigenvalue weighted by atomic mass is 19.4. The molecule has 3 heterocycles. The highest BCUT2D eigenvalue weighted by Crippen LogP contribution is 2.42. The monoisotopic (exact) mass is 527 g/mol. The number of nitrogen functional groups attached to an aromatic ring is 1. The first-order chi connectivity index (χ1) is 17.2. The van der Waals surface area contributed by atoms with Crippen LogP contribution in [0.4, 0.5) is 36.6 Å². The molecule has 2 aromatic carbocycles. The zero-order chi connectivity index (χ0) is 26.9. The third kappa shape index (κ3) is 4.25. The van der Waals surface area contributed by atoms with Gasteiger partial charge in [0.15, 0.2) is 0 Å². The molecule has 37 heavy (non-hydrogen) atoms. The minimum atomic E-state index is -4.90. The number of ether oxygens (including phenoxy) is 1. The van der Waals surface area contributed by atoms with E-state index in [1.807, 2.05) is 0 Å². The maximum atomic E-state index is 15.1. The molecule has 0 bridgehead atoms. The summed E-state index contributed by atoms with van der Waals surface area (Å²) in [5.41, 5.74) is 4.52. The number of nitrogens with zero attached hydrogens (tertiary/aromatic N) is 4. The lowest BCUT2D eigenvalue weighted by Crippen LogP contribution is -2.42. The second-order valence-corrected chi connectivity index (χ2v) is 8.50.